The van der Waals surface area contributed by atoms with Crippen molar-refractivity contribution in [2.45, 2.75) is 149 Å². The van der Waals surface area contributed by atoms with Gasteiger partial charge in [-0.1, -0.05) is 123 Å². The molecule has 0 radical (unpaired) electrons. The molecule has 2 unspecified atom stereocenters. The number of hydrogen-bond donors (Lipinski definition) is 1. The molecule has 0 fully saturated rings. The second-order valence-electron chi connectivity index (χ2n) is 10.6. The lowest BCUT2D eigenvalue weighted by atomic mass is 9.88. The molecular weight excluding hydrogens is 432 g/mol. The SMILES string of the molecule is CCCCCCCCC(CCCCCCCCC(=O)OCC(CC)CCCC)c1ccc(O)cc1. The Bertz CT molecular complexity index is 610. The summed E-state index contributed by atoms with van der Waals surface area (Å²) in [7, 11) is 0. The highest BCUT2D eigenvalue weighted by Crippen LogP contribution is 2.30. The second-order valence-corrected chi connectivity index (χ2v) is 10.6. The lowest BCUT2D eigenvalue weighted by Crippen LogP contribution is -2.13. The molecular formula is C32H56O3. The molecule has 3 heteroatoms. The molecule has 0 bridgehead atoms. The van der Waals surface area contributed by atoms with Crippen LogP contribution >= 0.6 is 0 Å². The maximum atomic E-state index is 12.0. The largest absolute Gasteiger partial charge is 0.508 e. The van der Waals surface area contributed by atoms with Gasteiger partial charge in [0.15, 0.2) is 0 Å². The van der Waals surface area contributed by atoms with Crippen molar-refractivity contribution in [2.24, 2.45) is 5.92 Å². The Kier molecular flexibility index (Phi) is 19.6. The van der Waals surface area contributed by atoms with Gasteiger partial charge in [-0.05, 0) is 55.2 Å². The Hall–Kier alpha value is -1.51. The van der Waals surface area contributed by atoms with Crippen molar-refractivity contribution >= 4 is 5.97 Å². The first-order valence-electron chi connectivity index (χ1n) is 15.0. The van der Waals surface area contributed by atoms with Crippen LogP contribution < -0.4 is 0 Å². The molecule has 0 amide bonds. The number of benzene rings is 1. The highest BCUT2D eigenvalue weighted by molar-refractivity contribution is 5.69. The van der Waals surface area contributed by atoms with Gasteiger partial charge < -0.3 is 9.84 Å². The highest BCUT2D eigenvalue weighted by Gasteiger charge is 2.12. The molecule has 0 aliphatic carbocycles. The fourth-order valence-corrected chi connectivity index (χ4v) is 4.94. The zero-order valence-electron chi connectivity index (χ0n) is 23.4. The van der Waals surface area contributed by atoms with Gasteiger partial charge in [0.25, 0.3) is 0 Å². The minimum Gasteiger partial charge on any atom is -0.508 e. The van der Waals surface area contributed by atoms with Crippen LogP contribution in [0.25, 0.3) is 0 Å². The van der Waals surface area contributed by atoms with Crippen molar-refractivity contribution in [2.75, 3.05) is 6.61 Å². The van der Waals surface area contributed by atoms with E-state index >= 15 is 0 Å². The van der Waals surface area contributed by atoms with Crippen LogP contribution in [0.15, 0.2) is 24.3 Å². The van der Waals surface area contributed by atoms with Gasteiger partial charge in [0.05, 0.1) is 6.61 Å². The third kappa shape index (κ3) is 16.7. The van der Waals surface area contributed by atoms with Crippen LogP contribution in [-0.4, -0.2) is 17.7 Å². The molecule has 202 valence electrons. The number of phenols is 1. The average Bonchev–Trinajstić information content (AvgIpc) is 2.87. The zero-order valence-corrected chi connectivity index (χ0v) is 23.4. The van der Waals surface area contributed by atoms with E-state index in [1.807, 2.05) is 12.1 Å². The van der Waals surface area contributed by atoms with Crippen LogP contribution in [-0.2, 0) is 9.53 Å². The standard InChI is InChI=1S/C32H56O3/c1-4-7-9-10-13-16-20-29(30-23-25-31(33)26-24-30)21-17-14-11-12-15-18-22-32(34)35-27-28(6-3)19-8-5-2/h23-26,28-29,33H,4-22,27H2,1-3H3. The number of ether oxygens (including phenoxy) is 1. The van der Waals surface area contributed by atoms with Crippen molar-refractivity contribution in [1.82, 2.24) is 0 Å². The predicted molar refractivity (Wildman–Crippen MR) is 150 cm³/mol. The molecule has 1 N–H and O–H groups in total. The Labute approximate surface area is 217 Å². The van der Waals surface area contributed by atoms with E-state index in [0.717, 1.165) is 19.3 Å². The summed E-state index contributed by atoms with van der Waals surface area (Å²) in [6.45, 7) is 7.28. The van der Waals surface area contributed by atoms with Gasteiger partial charge in [-0.15, -0.1) is 0 Å². The van der Waals surface area contributed by atoms with Crippen LogP contribution in [0.2, 0.25) is 0 Å². The first kappa shape index (κ1) is 31.5. The Morgan fingerprint density at radius 3 is 1.83 bits per heavy atom. The van der Waals surface area contributed by atoms with E-state index in [1.54, 1.807) is 0 Å². The van der Waals surface area contributed by atoms with E-state index in [-0.39, 0.29) is 5.97 Å². The summed E-state index contributed by atoms with van der Waals surface area (Å²) in [6, 6.07) is 7.90. The number of carbonyl (C=O) groups is 1. The fourth-order valence-electron chi connectivity index (χ4n) is 4.94. The third-order valence-electron chi connectivity index (χ3n) is 7.48. The first-order valence-corrected chi connectivity index (χ1v) is 15.0. The smallest absolute Gasteiger partial charge is 0.305 e. The summed E-state index contributed by atoms with van der Waals surface area (Å²) in [4.78, 5) is 12.0. The van der Waals surface area contributed by atoms with E-state index < -0.39 is 0 Å². The molecule has 1 aromatic carbocycles. The van der Waals surface area contributed by atoms with E-state index in [0.29, 0.717) is 30.6 Å². The van der Waals surface area contributed by atoms with Crippen LogP contribution in [0.5, 0.6) is 5.75 Å². The quantitative estimate of drug-likeness (QED) is 0.123. The molecule has 0 aliphatic rings. The van der Waals surface area contributed by atoms with E-state index in [1.165, 1.54) is 102 Å². The fraction of sp³-hybridized carbons (Fsp3) is 0.781. The zero-order chi connectivity index (χ0) is 25.6. The van der Waals surface area contributed by atoms with E-state index in [9.17, 15) is 9.90 Å². The van der Waals surface area contributed by atoms with Crippen molar-refractivity contribution in [3.63, 3.8) is 0 Å². The first-order chi connectivity index (χ1) is 17.1. The van der Waals surface area contributed by atoms with E-state index in [4.69, 9.17) is 4.74 Å². The minimum absolute atomic E-state index is 0.00798. The van der Waals surface area contributed by atoms with Gasteiger partial charge in [-0.2, -0.15) is 0 Å². The normalized spacial score (nSPS) is 13.0. The average molecular weight is 489 g/mol. The molecule has 1 rings (SSSR count). The van der Waals surface area contributed by atoms with Gasteiger partial charge in [0.1, 0.15) is 5.75 Å². The maximum Gasteiger partial charge on any atom is 0.305 e. The molecule has 0 saturated carbocycles. The Morgan fingerprint density at radius 2 is 1.26 bits per heavy atom. The molecule has 0 aromatic heterocycles. The summed E-state index contributed by atoms with van der Waals surface area (Å²) in [5.74, 6) is 1.50. The number of hydrogen-bond acceptors (Lipinski definition) is 3. The second kappa shape index (κ2) is 21.7. The topological polar surface area (TPSA) is 46.5 Å². The van der Waals surface area contributed by atoms with Crippen molar-refractivity contribution in [1.29, 1.82) is 0 Å². The van der Waals surface area contributed by atoms with Gasteiger partial charge in [-0.3, -0.25) is 4.79 Å². The summed E-state index contributed by atoms with van der Waals surface area (Å²) >= 11 is 0. The molecule has 2 atom stereocenters. The van der Waals surface area contributed by atoms with Crippen LogP contribution in [0.4, 0.5) is 0 Å². The molecule has 3 nitrogen and oxygen atoms in total. The summed E-state index contributed by atoms with van der Waals surface area (Å²) in [5.41, 5.74) is 1.38. The monoisotopic (exact) mass is 488 g/mol. The van der Waals surface area contributed by atoms with Crippen LogP contribution in [0.1, 0.15) is 154 Å². The van der Waals surface area contributed by atoms with Gasteiger partial charge in [0, 0.05) is 6.42 Å². The van der Waals surface area contributed by atoms with Gasteiger partial charge in [0.2, 0.25) is 0 Å². The number of aromatic hydroxyl groups is 1. The summed E-state index contributed by atoms with van der Waals surface area (Å²) in [6.07, 6.45) is 22.9. The third-order valence-corrected chi connectivity index (χ3v) is 7.48. The molecule has 0 spiro atoms. The van der Waals surface area contributed by atoms with Crippen molar-refractivity contribution < 1.29 is 14.6 Å². The van der Waals surface area contributed by atoms with Crippen LogP contribution in [0.3, 0.4) is 0 Å². The molecule has 1 aromatic rings. The molecule has 0 heterocycles. The Morgan fingerprint density at radius 1 is 0.714 bits per heavy atom. The van der Waals surface area contributed by atoms with E-state index in [2.05, 4.69) is 32.9 Å². The lowest BCUT2D eigenvalue weighted by molar-refractivity contribution is -0.145. The summed E-state index contributed by atoms with van der Waals surface area (Å²) in [5, 5.41) is 9.65. The molecule has 35 heavy (non-hydrogen) atoms. The number of unbranched alkanes of at least 4 members (excludes halogenated alkanes) is 11. The number of carbonyl (C=O) groups excluding carboxylic acids is 1. The number of rotatable bonds is 23. The van der Waals surface area contributed by atoms with Crippen LogP contribution in [0, 0.1) is 5.92 Å². The van der Waals surface area contributed by atoms with Crippen molar-refractivity contribution in [3.05, 3.63) is 29.8 Å². The minimum atomic E-state index is -0.00798. The maximum absolute atomic E-state index is 12.0. The highest BCUT2D eigenvalue weighted by atomic mass is 16.5. The molecule has 0 aliphatic heterocycles. The Balaban J connectivity index is 2.17. The molecule has 0 saturated heterocycles. The number of esters is 1. The van der Waals surface area contributed by atoms with Crippen molar-refractivity contribution in [3.8, 4) is 5.75 Å². The predicted octanol–water partition coefficient (Wildman–Crippen LogP) is 10.1. The summed E-state index contributed by atoms with van der Waals surface area (Å²) < 4.78 is 5.52. The number of phenolic OH excluding ortho intramolecular Hbond substituents is 1. The van der Waals surface area contributed by atoms with Gasteiger partial charge >= 0.3 is 5.97 Å². The lowest BCUT2D eigenvalue weighted by Gasteiger charge is -2.18. The van der Waals surface area contributed by atoms with Gasteiger partial charge in [-0.25, -0.2) is 0 Å².